The zero-order valence-corrected chi connectivity index (χ0v) is 13.2. The quantitative estimate of drug-likeness (QED) is 0.723. The minimum atomic E-state index is -0.0261. The van der Waals surface area contributed by atoms with Crippen molar-refractivity contribution in [3.8, 4) is 0 Å². The van der Waals surface area contributed by atoms with Crippen molar-refractivity contribution in [2.24, 2.45) is 7.05 Å². The Hall–Kier alpha value is -2.70. The molecule has 1 amide bonds. The van der Waals surface area contributed by atoms with Gasteiger partial charge < -0.3 is 9.47 Å². The van der Waals surface area contributed by atoms with Crippen molar-refractivity contribution in [1.82, 2.24) is 29.0 Å². The Morgan fingerprint density at radius 2 is 2.26 bits per heavy atom. The monoisotopic (exact) mass is 310 g/mol. The molecule has 23 heavy (non-hydrogen) atoms. The summed E-state index contributed by atoms with van der Waals surface area (Å²) in [5.74, 6) is 0.916. The maximum absolute atomic E-state index is 13.0. The summed E-state index contributed by atoms with van der Waals surface area (Å²) in [5, 5.41) is 4.22. The fourth-order valence-electron chi connectivity index (χ4n) is 3.36. The van der Waals surface area contributed by atoms with Gasteiger partial charge in [0.1, 0.15) is 11.4 Å². The lowest BCUT2D eigenvalue weighted by Gasteiger charge is -2.23. The van der Waals surface area contributed by atoms with E-state index in [4.69, 9.17) is 0 Å². The van der Waals surface area contributed by atoms with Gasteiger partial charge in [-0.2, -0.15) is 5.10 Å². The van der Waals surface area contributed by atoms with Crippen LogP contribution in [0, 0.1) is 6.92 Å². The highest BCUT2D eigenvalue weighted by Gasteiger charge is 2.34. The van der Waals surface area contributed by atoms with Crippen LogP contribution in [0.4, 0.5) is 0 Å². The molecular formula is C16H18N6O. The number of carbonyl (C=O) groups excluding carboxylic acids is 1. The standard InChI is InChI=1S/C16H18N6O/c1-11-10-20(2)15(19-11)13-5-3-7-21(13)16(23)12-9-18-22-8-4-6-17-14(12)22/h4,6,8-10,13H,3,5,7H2,1-2H3. The molecule has 1 saturated heterocycles. The first-order valence-electron chi connectivity index (χ1n) is 7.74. The molecule has 1 aliphatic heterocycles. The molecule has 4 heterocycles. The number of carbonyl (C=O) groups is 1. The van der Waals surface area contributed by atoms with E-state index in [2.05, 4.69) is 15.1 Å². The summed E-state index contributed by atoms with van der Waals surface area (Å²) < 4.78 is 3.64. The van der Waals surface area contributed by atoms with Crippen LogP contribution in [0.25, 0.3) is 5.65 Å². The Morgan fingerprint density at radius 1 is 1.39 bits per heavy atom. The average Bonchev–Trinajstić information content (AvgIpc) is 3.24. The molecule has 0 bridgehead atoms. The molecular weight excluding hydrogens is 292 g/mol. The zero-order valence-electron chi connectivity index (χ0n) is 13.2. The summed E-state index contributed by atoms with van der Waals surface area (Å²) >= 11 is 0. The minimum absolute atomic E-state index is 0.0138. The average molecular weight is 310 g/mol. The highest BCUT2D eigenvalue weighted by Crippen LogP contribution is 2.32. The Bertz CT molecular complexity index is 880. The van der Waals surface area contributed by atoms with Crippen LogP contribution < -0.4 is 0 Å². The first-order valence-corrected chi connectivity index (χ1v) is 7.74. The molecule has 1 aliphatic rings. The number of hydrogen-bond donors (Lipinski definition) is 0. The van der Waals surface area contributed by atoms with Gasteiger partial charge in [0.05, 0.1) is 17.9 Å². The van der Waals surface area contributed by atoms with Crippen molar-refractivity contribution in [3.05, 3.63) is 47.9 Å². The SMILES string of the molecule is Cc1cn(C)c(C2CCCN2C(=O)c2cnn3cccnc23)n1. The van der Waals surface area contributed by atoms with Crippen molar-refractivity contribution in [2.45, 2.75) is 25.8 Å². The van der Waals surface area contributed by atoms with Crippen molar-refractivity contribution >= 4 is 11.6 Å². The molecule has 0 spiro atoms. The van der Waals surface area contributed by atoms with Crippen molar-refractivity contribution in [2.75, 3.05) is 6.54 Å². The summed E-state index contributed by atoms with van der Waals surface area (Å²) in [4.78, 5) is 23.8. The van der Waals surface area contributed by atoms with Crippen LogP contribution in [0.2, 0.25) is 0 Å². The van der Waals surface area contributed by atoms with Crippen LogP contribution in [0.15, 0.2) is 30.9 Å². The number of fused-ring (bicyclic) bond motifs is 1. The van der Waals surface area contributed by atoms with Gasteiger partial charge in [-0.05, 0) is 25.8 Å². The predicted molar refractivity (Wildman–Crippen MR) is 83.9 cm³/mol. The van der Waals surface area contributed by atoms with E-state index in [1.165, 1.54) is 0 Å². The number of amides is 1. The second kappa shape index (κ2) is 5.19. The van der Waals surface area contributed by atoms with Gasteiger partial charge in [0.25, 0.3) is 5.91 Å². The van der Waals surface area contributed by atoms with E-state index in [-0.39, 0.29) is 11.9 Å². The normalized spacial score (nSPS) is 18.0. The number of imidazole rings is 1. The fraction of sp³-hybridized carbons (Fsp3) is 0.375. The van der Waals surface area contributed by atoms with E-state index in [1.54, 1.807) is 29.2 Å². The molecule has 1 unspecified atom stereocenters. The number of nitrogens with zero attached hydrogens (tertiary/aromatic N) is 6. The van der Waals surface area contributed by atoms with Crippen molar-refractivity contribution in [1.29, 1.82) is 0 Å². The van der Waals surface area contributed by atoms with Crippen LogP contribution in [0.5, 0.6) is 0 Å². The van der Waals surface area contributed by atoms with Gasteiger partial charge in [0, 0.05) is 32.2 Å². The van der Waals surface area contributed by atoms with E-state index in [9.17, 15) is 4.79 Å². The first-order chi connectivity index (χ1) is 11.1. The molecule has 1 atom stereocenters. The third-order valence-electron chi connectivity index (χ3n) is 4.35. The Balaban J connectivity index is 1.71. The molecule has 118 valence electrons. The largest absolute Gasteiger partial charge is 0.336 e. The van der Waals surface area contributed by atoms with Crippen LogP contribution in [-0.4, -0.2) is 41.5 Å². The predicted octanol–water partition coefficient (Wildman–Crippen LogP) is 1.75. The molecule has 1 fully saturated rings. The maximum Gasteiger partial charge on any atom is 0.259 e. The second-order valence-electron chi connectivity index (χ2n) is 5.95. The van der Waals surface area contributed by atoms with Gasteiger partial charge >= 0.3 is 0 Å². The molecule has 0 aliphatic carbocycles. The molecule has 3 aromatic rings. The lowest BCUT2D eigenvalue weighted by molar-refractivity contribution is 0.0730. The van der Waals surface area contributed by atoms with Gasteiger partial charge in [-0.3, -0.25) is 4.79 Å². The highest BCUT2D eigenvalue weighted by atomic mass is 16.2. The van der Waals surface area contributed by atoms with Crippen LogP contribution in [0.3, 0.4) is 0 Å². The molecule has 0 saturated carbocycles. The van der Waals surface area contributed by atoms with E-state index in [0.29, 0.717) is 11.2 Å². The fourth-order valence-corrected chi connectivity index (χ4v) is 3.36. The van der Waals surface area contributed by atoms with Gasteiger partial charge in [-0.25, -0.2) is 14.5 Å². The molecule has 0 aromatic carbocycles. The smallest absolute Gasteiger partial charge is 0.259 e. The number of rotatable bonds is 2. The molecule has 0 radical (unpaired) electrons. The Morgan fingerprint density at radius 3 is 3.04 bits per heavy atom. The van der Waals surface area contributed by atoms with E-state index < -0.39 is 0 Å². The first kappa shape index (κ1) is 13.9. The Kier molecular flexibility index (Phi) is 3.14. The van der Waals surface area contributed by atoms with E-state index in [1.807, 2.05) is 29.6 Å². The number of hydrogen-bond acceptors (Lipinski definition) is 4. The van der Waals surface area contributed by atoms with Gasteiger partial charge in [0.15, 0.2) is 5.65 Å². The molecule has 7 nitrogen and oxygen atoms in total. The summed E-state index contributed by atoms with van der Waals surface area (Å²) in [6, 6.07) is 1.81. The summed E-state index contributed by atoms with van der Waals surface area (Å²) in [6.45, 7) is 2.71. The third-order valence-corrected chi connectivity index (χ3v) is 4.35. The summed E-state index contributed by atoms with van der Waals surface area (Å²) in [6.07, 6.45) is 8.98. The van der Waals surface area contributed by atoms with Gasteiger partial charge in [0.2, 0.25) is 0 Å². The summed E-state index contributed by atoms with van der Waals surface area (Å²) in [7, 11) is 1.98. The van der Waals surface area contributed by atoms with Crippen LogP contribution in [0.1, 0.15) is 40.8 Å². The van der Waals surface area contributed by atoms with Gasteiger partial charge in [-0.1, -0.05) is 0 Å². The second-order valence-corrected chi connectivity index (χ2v) is 5.95. The number of aryl methyl sites for hydroxylation is 2. The lowest BCUT2D eigenvalue weighted by Crippen LogP contribution is -2.31. The van der Waals surface area contributed by atoms with Crippen molar-refractivity contribution < 1.29 is 4.79 Å². The van der Waals surface area contributed by atoms with E-state index in [0.717, 1.165) is 30.9 Å². The molecule has 3 aromatic heterocycles. The van der Waals surface area contributed by atoms with Crippen LogP contribution >= 0.6 is 0 Å². The zero-order chi connectivity index (χ0) is 16.0. The van der Waals surface area contributed by atoms with Crippen molar-refractivity contribution in [3.63, 3.8) is 0 Å². The highest BCUT2D eigenvalue weighted by molar-refractivity contribution is 5.99. The van der Waals surface area contributed by atoms with Gasteiger partial charge in [-0.15, -0.1) is 0 Å². The maximum atomic E-state index is 13.0. The summed E-state index contributed by atoms with van der Waals surface area (Å²) in [5.41, 5.74) is 2.11. The molecule has 0 N–H and O–H groups in total. The van der Waals surface area contributed by atoms with Crippen LogP contribution in [-0.2, 0) is 7.05 Å². The third kappa shape index (κ3) is 2.19. The number of likely N-dealkylation sites (tertiary alicyclic amines) is 1. The topological polar surface area (TPSA) is 68.3 Å². The Labute approximate surface area is 133 Å². The molecule has 4 rings (SSSR count). The number of aromatic nitrogens is 5. The van der Waals surface area contributed by atoms with E-state index >= 15 is 0 Å². The lowest BCUT2D eigenvalue weighted by atomic mass is 10.2. The minimum Gasteiger partial charge on any atom is -0.336 e. The molecule has 7 heteroatoms.